The van der Waals surface area contributed by atoms with Gasteiger partial charge < -0.3 is 20.8 Å². The lowest BCUT2D eigenvalue weighted by Crippen LogP contribution is -2.58. The molecule has 3 amide bonds. The second kappa shape index (κ2) is 8.52. The number of allylic oxidation sites excluding steroid dienone is 1. The molecule has 2 aromatic rings. The number of nitrogens with one attached hydrogen (secondary N) is 4. The fraction of sp³-hybridized carbons (Fsp3) is 0.286. The first-order chi connectivity index (χ1) is 15.0. The summed E-state index contributed by atoms with van der Waals surface area (Å²) in [6, 6.07) is 6.23. The molecule has 0 radical (unpaired) electrons. The van der Waals surface area contributed by atoms with Crippen molar-refractivity contribution >= 4 is 29.5 Å². The summed E-state index contributed by atoms with van der Waals surface area (Å²) in [6.45, 7) is 1.67. The minimum atomic E-state index is -0.468. The minimum Gasteiger partial charge on any atom is -0.456 e. The molecular formula is C21H23N7O3. The molecule has 0 unspecified atom stereocenters. The summed E-state index contributed by atoms with van der Waals surface area (Å²) >= 11 is 0. The van der Waals surface area contributed by atoms with E-state index in [-0.39, 0.29) is 5.91 Å². The van der Waals surface area contributed by atoms with E-state index in [2.05, 4.69) is 25.9 Å². The fourth-order valence-corrected chi connectivity index (χ4v) is 3.57. The summed E-state index contributed by atoms with van der Waals surface area (Å²) in [5, 5.41) is 16.1. The molecule has 10 heteroatoms. The van der Waals surface area contributed by atoms with Crippen molar-refractivity contribution in [3.8, 4) is 11.5 Å². The van der Waals surface area contributed by atoms with Crippen LogP contribution in [0.3, 0.4) is 0 Å². The standard InChI is InChI=1S/C21H23N7O3/c1-23-10-14(9-22)17-8-15(4-6-25-17)31-16-2-3-18(26-11-16)27-20(30)28-7-5-21(19(28)29)12-24-13-21/h2-4,6,8-11,22-24H,5,7,12-13H2,1H3,(H,26,27,30)/b14-10+,22-9?. The second-order valence-electron chi connectivity index (χ2n) is 7.41. The van der Waals surface area contributed by atoms with Crippen LogP contribution >= 0.6 is 0 Å². The highest BCUT2D eigenvalue weighted by Gasteiger charge is 2.52. The Morgan fingerprint density at radius 2 is 2.13 bits per heavy atom. The largest absolute Gasteiger partial charge is 0.456 e. The third-order valence-corrected chi connectivity index (χ3v) is 5.37. The number of imide groups is 1. The van der Waals surface area contributed by atoms with E-state index < -0.39 is 11.4 Å². The van der Waals surface area contributed by atoms with Crippen molar-refractivity contribution in [1.82, 2.24) is 25.5 Å². The van der Waals surface area contributed by atoms with E-state index in [0.29, 0.717) is 54.6 Å². The van der Waals surface area contributed by atoms with Crippen molar-refractivity contribution in [3.05, 3.63) is 48.6 Å². The highest BCUT2D eigenvalue weighted by molar-refractivity contribution is 6.07. The number of nitrogens with zero attached hydrogens (tertiary/aromatic N) is 3. The molecule has 4 N–H and O–H groups in total. The zero-order valence-corrected chi connectivity index (χ0v) is 17.0. The van der Waals surface area contributed by atoms with Gasteiger partial charge in [-0.2, -0.15) is 0 Å². The Kier molecular flexibility index (Phi) is 5.63. The summed E-state index contributed by atoms with van der Waals surface area (Å²) in [7, 11) is 1.75. The Hall–Kier alpha value is -3.79. The SMILES string of the molecule is CN/C=C(\C=N)c1cc(Oc2ccc(NC(=O)N3CCC4(CNC4)C3=O)nc2)ccn1. The van der Waals surface area contributed by atoms with Crippen LogP contribution in [-0.2, 0) is 4.79 Å². The third kappa shape index (κ3) is 4.10. The molecule has 2 saturated heterocycles. The Morgan fingerprint density at radius 1 is 1.29 bits per heavy atom. The van der Waals surface area contributed by atoms with Crippen LogP contribution in [-0.4, -0.2) is 59.7 Å². The van der Waals surface area contributed by atoms with Crippen molar-refractivity contribution < 1.29 is 14.3 Å². The first-order valence-corrected chi connectivity index (χ1v) is 9.86. The molecule has 0 atom stereocenters. The molecule has 10 nitrogen and oxygen atoms in total. The van der Waals surface area contributed by atoms with Crippen molar-refractivity contribution in [1.29, 1.82) is 5.41 Å². The highest BCUT2D eigenvalue weighted by atomic mass is 16.5. The van der Waals surface area contributed by atoms with Crippen LogP contribution in [0.25, 0.3) is 5.57 Å². The van der Waals surface area contributed by atoms with E-state index in [1.54, 1.807) is 43.7 Å². The lowest BCUT2D eigenvalue weighted by Gasteiger charge is -2.36. The zero-order chi connectivity index (χ0) is 21.8. The van der Waals surface area contributed by atoms with Gasteiger partial charge in [-0.1, -0.05) is 0 Å². The second-order valence-corrected chi connectivity index (χ2v) is 7.41. The maximum absolute atomic E-state index is 12.5. The fourth-order valence-electron chi connectivity index (χ4n) is 3.57. The van der Waals surface area contributed by atoms with E-state index in [1.807, 2.05) is 0 Å². The molecule has 2 fully saturated rings. The average Bonchev–Trinajstić information content (AvgIpc) is 3.11. The molecule has 0 aliphatic carbocycles. The van der Waals surface area contributed by atoms with Crippen molar-refractivity contribution in [2.75, 3.05) is 32.0 Å². The van der Waals surface area contributed by atoms with E-state index in [4.69, 9.17) is 10.1 Å². The van der Waals surface area contributed by atoms with Gasteiger partial charge in [0.15, 0.2) is 0 Å². The van der Waals surface area contributed by atoms with Gasteiger partial charge in [0.05, 0.1) is 17.3 Å². The summed E-state index contributed by atoms with van der Waals surface area (Å²) in [5.74, 6) is 1.21. The van der Waals surface area contributed by atoms with Crippen LogP contribution in [0.1, 0.15) is 12.1 Å². The molecular weight excluding hydrogens is 398 g/mol. The van der Waals surface area contributed by atoms with Crippen LogP contribution in [0.15, 0.2) is 42.9 Å². The van der Waals surface area contributed by atoms with Gasteiger partial charge in [0, 0.05) is 56.9 Å². The number of amides is 3. The lowest BCUT2D eigenvalue weighted by atomic mass is 9.80. The quantitative estimate of drug-likeness (QED) is 0.523. The van der Waals surface area contributed by atoms with E-state index in [9.17, 15) is 9.59 Å². The van der Waals surface area contributed by atoms with E-state index in [1.165, 1.54) is 17.3 Å². The Bertz CT molecular complexity index is 1030. The molecule has 0 bridgehead atoms. The molecule has 1 spiro atoms. The number of anilines is 1. The molecule has 2 aliphatic rings. The first-order valence-electron chi connectivity index (χ1n) is 9.86. The summed E-state index contributed by atoms with van der Waals surface area (Å²) < 4.78 is 5.81. The predicted molar refractivity (Wildman–Crippen MR) is 115 cm³/mol. The molecule has 2 aromatic heterocycles. The number of carbonyl (C=O) groups excluding carboxylic acids is 2. The summed E-state index contributed by atoms with van der Waals surface area (Å²) in [6.07, 6.45) is 6.64. The topological polar surface area (TPSA) is 132 Å². The molecule has 0 saturated carbocycles. The van der Waals surface area contributed by atoms with Crippen LogP contribution in [0, 0.1) is 10.8 Å². The van der Waals surface area contributed by atoms with Crippen LogP contribution in [0.2, 0.25) is 0 Å². The third-order valence-electron chi connectivity index (χ3n) is 5.37. The normalized spacial score (nSPS) is 17.3. The minimum absolute atomic E-state index is 0.131. The average molecular weight is 421 g/mol. The number of aromatic nitrogens is 2. The Balaban J connectivity index is 1.39. The van der Waals surface area contributed by atoms with Gasteiger partial charge >= 0.3 is 6.03 Å². The maximum Gasteiger partial charge on any atom is 0.329 e. The number of urea groups is 1. The number of rotatable bonds is 6. The van der Waals surface area contributed by atoms with Crippen LogP contribution in [0.4, 0.5) is 10.6 Å². The number of hydrogen-bond acceptors (Lipinski definition) is 8. The van der Waals surface area contributed by atoms with Gasteiger partial charge in [-0.15, -0.1) is 0 Å². The van der Waals surface area contributed by atoms with Gasteiger partial charge in [0.1, 0.15) is 17.3 Å². The van der Waals surface area contributed by atoms with Gasteiger partial charge in [-0.3, -0.25) is 20.0 Å². The lowest BCUT2D eigenvalue weighted by molar-refractivity contribution is -0.135. The number of likely N-dealkylation sites (tertiary alicyclic amines) is 1. The van der Waals surface area contributed by atoms with E-state index in [0.717, 1.165) is 0 Å². The Labute approximate surface area is 179 Å². The molecule has 160 valence electrons. The number of carbonyl (C=O) groups is 2. The van der Waals surface area contributed by atoms with E-state index >= 15 is 0 Å². The number of ether oxygens (including phenoxy) is 1. The first kappa shape index (κ1) is 20.5. The molecule has 4 heterocycles. The van der Waals surface area contributed by atoms with Gasteiger partial charge in [-0.05, 0) is 24.6 Å². The number of hydrogen-bond donors (Lipinski definition) is 4. The van der Waals surface area contributed by atoms with Gasteiger partial charge in [0.2, 0.25) is 5.91 Å². The summed E-state index contributed by atoms with van der Waals surface area (Å²) in [4.78, 5) is 34.7. The van der Waals surface area contributed by atoms with Gasteiger partial charge in [0.25, 0.3) is 0 Å². The van der Waals surface area contributed by atoms with Crippen molar-refractivity contribution in [2.24, 2.45) is 5.41 Å². The number of pyridine rings is 2. The molecule has 4 rings (SSSR count). The molecule has 0 aromatic carbocycles. The smallest absolute Gasteiger partial charge is 0.329 e. The van der Waals surface area contributed by atoms with Crippen LogP contribution < -0.4 is 20.7 Å². The van der Waals surface area contributed by atoms with Crippen molar-refractivity contribution in [3.63, 3.8) is 0 Å². The van der Waals surface area contributed by atoms with Crippen molar-refractivity contribution in [2.45, 2.75) is 6.42 Å². The Morgan fingerprint density at radius 3 is 2.74 bits per heavy atom. The predicted octanol–water partition coefficient (Wildman–Crippen LogP) is 1.83. The van der Waals surface area contributed by atoms with Gasteiger partial charge in [-0.25, -0.2) is 9.78 Å². The monoisotopic (exact) mass is 421 g/mol. The molecule has 31 heavy (non-hydrogen) atoms. The summed E-state index contributed by atoms with van der Waals surface area (Å²) in [5.41, 5.74) is 0.791. The zero-order valence-electron chi connectivity index (χ0n) is 17.0. The highest BCUT2D eigenvalue weighted by Crippen LogP contribution is 2.35. The maximum atomic E-state index is 12.5. The molecule has 2 aliphatic heterocycles. The van der Waals surface area contributed by atoms with Crippen LogP contribution in [0.5, 0.6) is 11.5 Å².